The molecule has 0 spiro atoms. The van der Waals surface area contributed by atoms with Gasteiger partial charge in [0.1, 0.15) is 0 Å². The van der Waals surface area contributed by atoms with E-state index in [1.807, 2.05) is 33.2 Å². The molecule has 0 aliphatic heterocycles. The van der Waals surface area contributed by atoms with E-state index >= 15 is 0 Å². The normalized spacial score (nSPS) is 8.58. The quantitative estimate of drug-likeness (QED) is 0.0932. The summed E-state index contributed by atoms with van der Waals surface area (Å²) in [5.41, 5.74) is 2.28. The van der Waals surface area contributed by atoms with Crippen molar-refractivity contribution in [1.82, 2.24) is 0 Å². The number of hydrogen-bond acceptors (Lipinski definition) is 1. The number of benzene rings is 4. The van der Waals surface area contributed by atoms with E-state index in [2.05, 4.69) is 160 Å². The second-order valence-electron chi connectivity index (χ2n) is 7.22. The number of rotatable bonds is 4. The van der Waals surface area contributed by atoms with Crippen molar-refractivity contribution in [3.8, 4) is 11.8 Å². The fourth-order valence-electron chi connectivity index (χ4n) is 3.17. The third-order valence-corrected chi connectivity index (χ3v) is 7.14. The van der Waals surface area contributed by atoms with Crippen LogP contribution < -0.4 is 20.8 Å². The summed E-state index contributed by atoms with van der Waals surface area (Å²) in [5, 5.41) is 4.19. The molecule has 4 rings (SSSR count). The van der Waals surface area contributed by atoms with Crippen LogP contribution in [0.2, 0.25) is 0 Å². The molecule has 7 heteroatoms. The van der Waals surface area contributed by atoms with Gasteiger partial charge in [0.25, 0.3) is 0 Å². The number of halogens is 2. The van der Waals surface area contributed by atoms with E-state index in [0.29, 0.717) is 0 Å². The Kier molecular flexibility index (Phi) is 22.5. The Morgan fingerprint density at radius 1 is 0.632 bits per heavy atom. The van der Waals surface area contributed by atoms with Gasteiger partial charge in [-0.15, -0.1) is 5.92 Å². The molecule has 0 fully saturated rings. The maximum atomic E-state index is 7.50. The molecule has 0 saturated heterocycles. The van der Waals surface area contributed by atoms with Crippen LogP contribution in [0.5, 0.6) is 0 Å². The molecule has 0 N–H and O–H groups in total. The van der Waals surface area contributed by atoms with E-state index < -0.39 is 7.92 Å². The molecule has 0 aliphatic rings. The molecular weight excluding hydrogens is 793 g/mol. The van der Waals surface area contributed by atoms with Gasteiger partial charge >= 0.3 is 63.6 Å². The molecule has 0 aliphatic carbocycles. The molecule has 38 heavy (non-hydrogen) atoms. The van der Waals surface area contributed by atoms with Crippen LogP contribution in [0.3, 0.4) is 0 Å². The first-order chi connectivity index (χ1) is 18.6. The molecule has 0 unspecified atom stereocenters. The van der Waals surface area contributed by atoms with Gasteiger partial charge in [-0.05, 0) is 55.0 Å². The summed E-state index contributed by atoms with van der Waals surface area (Å²) in [6.07, 6.45) is 0. The van der Waals surface area contributed by atoms with Gasteiger partial charge < -0.3 is 4.90 Å². The summed E-state index contributed by atoms with van der Waals surface area (Å²) in [6, 6.07) is 40.5. The molecule has 0 bridgehead atoms. The van der Waals surface area contributed by atoms with Crippen molar-refractivity contribution in [2.45, 2.75) is 6.92 Å². The van der Waals surface area contributed by atoms with Crippen LogP contribution >= 0.6 is 34.5 Å². The predicted octanol–water partition coefficient (Wildman–Crippen LogP) is 7.18. The van der Waals surface area contributed by atoms with Gasteiger partial charge in [-0.25, -0.2) is 0 Å². The van der Waals surface area contributed by atoms with Crippen LogP contribution in [-0.2, 0) is 23.8 Å². The zero-order valence-corrected chi connectivity index (χ0v) is 28.3. The average Bonchev–Trinajstić information content (AvgIpc) is 2.98. The summed E-state index contributed by atoms with van der Waals surface area (Å²) in [7, 11) is 3.61. The Hall–Kier alpha value is -2.20. The predicted molar refractivity (Wildman–Crippen MR) is 164 cm³/mol. The summed E-state index contributed by atoms with van der Waals surface area (Å²) in [4.78, 5) is 2.07. The minimum absolute atomic E-state index is 0.125. The minimum atomic E-state index is -0.446. The minimum Gasteiger partial charge on any atom is -0.0622 e. The van der Waals surface area contributed by atoms with E-state index in [0.717, 1.165) is 5.56 Å². The molecule has 0 saturated carbocycles. The largest absolute Gasteiger partial charge is 0.0622 e. The average molecular weight is 821 g/mol. The van der Waals surface area contributed by atoms with Crippen LogP contribution in [-0.4, -0.2) is 14.1 Å². The van der Waals surface area contributed by atoms with Crippen molar-refractivity contribution >= 4 is 56.1 Å². The molecule has 0 amide bonds. The Labute approximate surface area is 250 Å². The monoisotopic (exact) mass is 819 g/mol. The third kappa shape index (κ3) is 14.1. The van der Waals surface area contributed by atoms with Crippen molar-refractivity contribution in [3.63, 3.8) is 0 Å². The molecule has 4 aromatic carbocycles. The van der Waals surface area contributed by atoms with Crippen molar-refractivity contribution in [2.24, 2.45) is 0 Å². The zero-order chi connectivity index (χ0) is 28.6. The van der Waals surface area contributed by atoms with Crippen LogP contribution in [0.1, 0.15) is 12.5 Å². The van der Waals surface area contributed by atoms with Crippen molar-refractivity contribution < 1.29 is 23.8 Å². The molecule has 0 radical (unpaired) electrons. The van der Waals surface area contributed by atoms with Crippen molar-refractivity contribution in [3.05, 3.63) is 134 Å². The second kappa shape index (κ2) is 23.9. The van der Waals surface area contributed by atoms with Crippen LogP contribution in [0.15, 0.2) is 115 Å². The Morgan fingerprint density at radius 3 is 1.21 bits per heavy atom. The van der Waals surface area contributed by atoms with Gasteiger partial charge in [0, 0.05) is 25.3 Å². The molecular formula is C31H28Br2NO2PW. The van der Waals surface area contributed by atoms with Crippen LogP contribution in [0, 0.1) is 25.1 Å². The van der Waals surface area contributed by atoms with Gasteiger partial charge in [0.2, 0.25) is 0 Å². The van der Waals surface area contributed by atoms with E-state index in [4.69, 9.17) is 9.30 Å². The second-order valence-corrected chi connectivity index (χ2v) is 22.3. The first kappa shape index (κ1) is 35.8. The summed E-state index contributed by atoms with van der Waals surface area (Å²) in [6.45, 7) is 10.8. The topological polar surface area (TPSA) is 43.0 Å². The number of nitrogens with zero attached hydrogens (tertiary/aromatic N) is 1. The van der Waals surface area contributed by atoms with Crippen molar-refractivity contribution in [1.29, 1.82) is 0 Å². The molecule has 0 atom stereocenters. The van der Waals surface area contributed by atoms with Gasteiger partial charge in [-0.3, -0.25) is 0 Å². The first-order valence-electron chi connectivity index (χ1n) is 11.1. The summed E-state index contributed by atoms with van der Waals surface area (Å²) < 4.78 is 15.0. The van der Waals surface area contributed by atoms with Gasteiger partial charge in [0.05, 0.1) is 0 Å². The van der Waals surface area contributed by atoms with E-state index in [1.165, 1.54) is 21.6 Å². The van der Waals surface area contributed by atoms with Crippen LogP contribution in [0.25, 0.3) is 0 Å². The molecule has 0 aromatic heterocycles. The van der Waals surface area contributed by atoms with Crippen LogP contribution in [0.4, 0.5) is 5.69 Å². The first-order valence-corrected chi connectivity index (χ1v) is 25.2. The van der Waals surface area contributed by atoms with E-state index in [1.54, 1.807) is 0 Å². The Balaban J connectivity index is 0.000000621. The molecule has 3 nitrogen and oxygen atoms in total. The standard InChI is InChI=1S/C18H15P.C11H13N.2CO.2BrH.W/c1-4-10-16(11-5-1)19(17-12-6-2-7-13-17)18-14-8-3-9-15-18;1-4-5-10-6-8-11(9-7-10)12(2)3;2*1-2;;;/h1-15H;6-9H,1-3H3;;;2*1H;/q;;;;;;+2/p-2. The summed E-state index contributed by atoms with van der Waals surface area (Å²) >= 11 is 6.33. The third-order valence-electron chi connectivity index (χ3n) is 4.70. The molecule has 4 aromatic rings. The number of hydrogen-bond donors (Lipinski definition) is 0. The van der Waals surface area contributed by atoms with E-state index in [9.17, 15) is 0 Å². The van der Waals surface area contributed by atoms with Gasteiger partial charge in [0.15, 0.2) is 0 Å². The SMILES string of the molecule is CC#Cc1ccc(N(C)C)cc1.[Br][W][Br].[C-]#[O+].[C-]#[O+].c1ccc(P(c2ccccc2)c2ccccc2)cc1. The molecule has 0 heterocycles. The number of anilines is 1. The van der Waals surface area contributed by atoms with Gasteiger partial charge in [-0.1, -0.05) is 96.9 Å². The Bertz CT molecular complexity index is 1130. The molecule has 194 valence electrons. The summed E-state index contributed by atoms with van der Waals surface area (Å²) in [5.74, 6) is 5.87. The Morgan fingerprint density at radius 2 is 0.947 bits per heavy atom. The maximum Gasteiger partial charge on any atom is -0.0134 e. The van der Waals surface area contributed by atoms with Crippen molar-refractivity contribution in [2.75, 3.05) is 19.0 Å². The van der Waals surface area contributed by atoms with E-state index in [-0.39, 0.29) is 14.5 Å². The smallest absolute Gasteiger partial charge is 0.0134 e. The fraction of sp³-hybridized carbons (Fsp3) is 0.0968. The zero-order valence-electron chi connectivity index (χ0n) is 21.3. The maximum absolute atomic E-state index is 7.50. The fourth-order valence-corrected chi connectivity index (χ4v) is 5.47. The van der Waals surface area contributed by atoms with Gasteiger partial charge in [-0.2, -0.15) is 0 Å².